The second-order valence-electron chi connectivity index (χ2n) is 6.58. The summed E-state index contributed by atoms with van der Waals surface area (Å²) in [6.07, 6.45) is 1.39. The highest BCUT2D eigenvalue weighted by atomic mass is 35.5. The predicted octanol–water partition coefficient (Wildman–Crippen LogP) is 2.20. The van der Waals surface area contributed by atoms with Gasteiger partial charge >= 0.3 is 11.7 Å². The number of barbiturate groups is 1. The minimum Gasteiger partial charge on any atom is -0.295 e. The molecule has 146 valence electrons. The highest BCUT2D eigenvalue weighted by Gasteiger charge is 2.36. The number of halogens is 1. The topological polar surface area (TPSA) is 93.4 Å². The number of amides is 4. The van der Waals surface area contributed by atoms with Gasteiger partial charge < -0.3 is 0 Å². The predicted molar refractivity (Wildman–Crippen MR) is 109 cm³/mol. The van der Waals surface area contributed by atoms with Gasteiger partial charge in [0.25, 0.3) is 11.8 Å². The second kappa shape index (κ2) is 6.75. The largest absolute Gasteiger partial charge is 0.335 e. The number of aryl methyl sites for hydroxylation is 2. The number of aromatic nitrogens is 2. The molecule has 2 heterocycles. The molecule has 8 nitrogen and oxygen atoms in total. The first-order valence-corrected chi connectivity index (χ1v) is 8.98. The number of nitrogens with zero attached hydrogens (tertiary/aromatic N) is 3. The molecule has 0 unspecified atom stereocenters. The van der Waals surface area contributed by atoms with Gasteiger partial charge in [0.2, 0.25) is 0 Å². The van der Waals surface area contributed by atoms with Gasteiger partial charge in [0, 0.05) is 19.1 Å². The van der Waals surface area contributed by atoms with Gasteiger partial charge in [0.1, 0.15) is 5.57 Å². The number of urea groups is 1. The van der Waals surface area contributed by atoms with Crippen LogP contribution in [0.4, 0.5) is 10.5 Å². The smallest absolute Gasteiger partial charge is 0.295 e. The highest BCUT2D eigenvalue weighted by Crippen LogP contribution is 2.24. The highest BCUT2D eigenvalue weighted by molar-refractivity contribution is 6.39. The van der Waals surface area contributed by atoms with Crippen molar-refractivity contribution < 1.29 is 14.4 Å². The minimum absolute atomic E-state index is 0.184. The Hall–Kier alpha value is -3.65. The van der Waals surface area contributed by atoms with Gasteiger partial charge in [-0.1, -0.05) is 17.7 Å². The van der Waals surface area contributed by atoms with Crippen LogP contribution in [0.3, 0.4) is 0 Å². The lowest BCUT2D eigenvalue weighted by Gasteiger charge is -2.26. The Morgan fingerprint density at radius 2 is 1.55 bits per heavy atom. The Balaban J connectivity index is 1.78. The molecule has 0 bridgehead atoms. The maximum Gasteiger partial charge on any atom is 0.335 e. The van der Waals surface area contributed by atoms with E-state index >= 15 is 0 Å². The second-order valence-corrected chi connectivity index (χ2v) is 7.02. The molecule has 9 heteroatoms. The summed E-state index contributed by atoms with van der Waals surface area (Å²) in [5.41, 5.74) is 1.83. The van der Waals surface area contributed by atoms with Crippen molar-refractivity contribution in [2.45, 2.75) is 0 Å². The van der Waals surface area contributed by atoms with Gasteiger partial charge in [0.15, 0.2) is 0 Å². The van der Waals surface area contributed by atoms with E-state index in [2.05, 4.69) is 5.32 Å². The van der Waals surface area contributed by atoms with Crippen molar-refractivity contribution in [3.05, 3.63) is 69.1 Å². The Labute approximate surface area is 169 Å². The molecule has 0 spiro atoms. The molecule has 4 rings (SSSR count). The average Bonchev–Trinajstić information content (AvgIpc) is 2.90. The Kier molecular flexibility index (Phi) is 4.35. The van der Waals surface area contributed by atoms with E-state index in [0.29, 0.717) is 16.1 Å². The molecule has 29 heavy (non-hydrogen) atoms. The number of carbonyl (C=O) groups is 3. The van der Waals surface area contributed by atoms with Crippen molar-refractivity contribution in [2.75, 3.05) is 4.90 Å². The van der Waals surface area contributed by atoms with E-state index in [4.69, 9.17) is 11.6 Å². The number of carbonyl (C=O) groups excluding carboxylic acids is 3. The lowest BCUT2D eigenvalue weighted by Crippen LogP contribution is -2.54. The molecule has 1 aliphatic heterocycles. The summed E-state index contributed by atoms with van der Waals surface area (Å²) < 4.78 is 2.98. The third kappa shape index (κ3) is 3.03. The first-order valence-electron chi connectivity index (χ1n) is 8.60. The lowest BCUT2D eigenvalue weighted by molar-refractivity contribution is -0.122. The molecular weight excluding hydrogens is 396 g/mol. The van der Waals surface area contributed by atoms with Crippen LogP contribution in [0.2, 0.25) is 5.02 Å². The van der Waals surface area contributed by atoms with Crippen molar-refractivity contribution in [2.24, 2.45) is 14.1 Å². The molecule has 1 N–H and O–H groups in total. The number of hydrogen-bond donors (Lipinski definition) is 1. The van der Waals surface area contributed by atoms with Crippen molar-refractivity contribution in [3.8, 4) is 0 Å². The summed E-state index contributed by atoms with van der Waals surface area (Å²) in [7, 11) is 3.30. The zero-order valence-corrected chi connectivity index (χ0v) is 16.2. The third-order valence-corrected chi connectivity index (χ3v) is 5.05. The fraction of sp³-hybridized carbons (Fsp3) is 0.100. The molecular formula is C20H15ClN4O4. The van der Waals surface area contributed by atoms with Gasteiger partial charge in [-0.2, -0.15) is 0 Å². The van der Waals surface area contributed by atoms with Crippen LogP contribution in [0.15, 0.2) is 52.8 Å². The summed E-state index contributed by atoms with van der Waals surface area (Å²) in [4.78, 5) is 50.4. The summed E-state index contributed by atoms with van der Waals surface area (Å²) in [5.74, 6) is -1.53. The first-order chi connectivity index (χ1) is 13.8. The van der Waals surface area contributed by atoms with Crippen LogP contribution < -0.4 is 15.9 Å². The van der Waals surface area contributed by atoms with Crippen LogP contribution in [0.5, 0.6) is 0 Å². The van der Waals surface area contributed by atoms with Crippen LogP contribution in [-0.4, -0.2) is 27.0 Å². The summed E-state index contributed by atoms with van der Waals surface area (Å²) in [6, 6.07) is 10.4. The zero-order valence-electron chi connectivity index (χ0n) is 15.5. The number of imide groups is 2. The number of hydrogen-bond acceptors (Lipinski definition) is 4. The molecule has 3 aromatic rings. The van der Waals surface area contributed by atoms with Gasteiger partial charge in [-0.3, -0.25) is 24.0 Å². The van der Waals surface area contributed by atoms with E-state index in [1.165, 1.54) is 27.3 Å². The maximum absolute atomic E-state index is 12.9. The minimum atomic E-state index is -0.833. The average molecular weight is 411 g/mol. The van der Waals surface area contributed by atoms with E-state index in [9.17, 15) is 19.2 Å². The third-order valence-electron chi connectivity index (χ3n) is 4.79. The van der Waals surface area contributed by atoms with Crippen LogP contribution >= 0.6 is 11.6 Å². The van der Waals surface area contributed by atoms with Crippen molar-refractivity contribution in [1.29, 1.82) is 0 Å². The Bertz CT molecular complexity index is 1280. The molecule has 0 radical (unpaired) electrons. The fourth-order valence-electron chi connectivity index (χ4n) is 3.26. The van der Waals surface area contributed by atoms with Crippen molar-refractivity contribution >= 4 is 52.2 Å². The molecule has 0 aliphatic carbocycles. The molecule has 0 saturated carbocycles. The van der Waals surface area contributed by atoms with Gasteiger partial charge in [-0.25, -0.2) is 14.5 Å². The molecule has 2 aromatic carbocycles. The molecule has 1 saturated heterocycles. The summed E-state index contributed by atoms with van der Waals surface area (Å²) in [6.45, 7) is 0. The van der Waals surface area contributed by atoms with Gasteiger partial charge in [-0.05, 0) is 48.0 Å². The zero-order chi connectivity index (χ0) is 20.9. The van der Waals surface area contributed by atoms with Crippen LogP contribution in [0, 0.1) is 0 Å². The Morgan fingerprint density at radius 3 is 2.24 bits per heavy atom. The van der Waals surface area contributed by atoms with Crippen LogP contribution in [0.25, 0.3) is 17.1 Å². The Morgan fingerprint density at radius 1 is 0.897 bits per heavy atom. The maximum atomic E-state index is 12.9. The van der Waals surface area contributed by atoms with Crippen molar-refractivity contribution in [1.82, 2.24) is 14.5 Å². The van der Waals surface area contributed by atoms with E-state index in [-0.39, 0.29) is 17.0 Å². The number of benzene rings is 2. The van der Waals surface area contributed by atoms with E-state index in [1.54, 1.807) is 44.4 Å². The van der Waals surface area contributed by atoms with Crippen LogP contribution in [0.1, 0.15) is 5.56 Å². The van der Waals surface area contributed by atoms with Gasteiger partial charge in [0.05, 0.1) is 16.7 Å². The SMILES string of the molecule is Cn1c(=O)n(C)c2cc(C=C3C(=O)NC(=O)N(c4ccc(Cl)cc4)C3=O)ccc21. The quantitative estimate of drug-likeness (QED) is 0.517. The molecule has 1 aliphatic rings. The number of rotatable bonds is 2. The number of fused-ring (bicyclic) bond motifs is 1. The fourth-order valence-corrected chi connectivity index (χ4v) is 3.39. The normalized spacial score (nSPS) is 16.0. The van der Waals surface area contributed by atoms with Crippen LogP contribution in [-0.2, 0) is 23.7 Å². The van der Waals surface area contributed by atoms with E-state index in [1.807, 2.05) is 0 Å². The number of anilines is 1. The summed E-state index contributed by atoms with van der Waals surface area (Å²) in [5, 5.41) is 2.62. The van der Waals surface area contributed by atoms with E-state index in [0.717, 1.165) is 10.4 Å². The van der Waals surface area contributed by atoms with Gasteiger partial charge in [-0.15, -0.1) is 0 Å². The summed E-state index contributed by atoms with van der Waals surface area (Å²) >= 11 is 5.86. The lowest BCUT2D eigenvalue weighted by atomic mass is 10.1. The molecule has 0 atom stereocenters. The number of nitrogens with one attached hydrogen (secondary N) is 1. The van der Waals surface area contributed by atoms with E-state index < -0.39 is 17.8 Å². The molecule has 1 aromatic heterocycles. The number of imidazole rings is 1. The standard InChI is InChI=1S/C20H15ClN4O4/c1-23-15-8-3-11(10-16(15)24(2)20(23)29)9-14-17(26)22-19(28)25(18(14)27)13-6-4-12(21)5-7-13/h3-10H,1-2H3,(H,22,26,28). The monoisotopic (exact) mass is 410 g/mol. The molecule has 1 fully saturated rings. The van der Waals surface area contributed by atoms with Crippen molar-refractivity contribution in [3.63, 3.8) is 0 Å². The molecule has 4 amide bonds. The first kappa shape index (κ1) is 18.7.